The zero-order chi connectivity index (χ0) is 21.8. The average molecular weight is 435 g/mol. The third kappa shape index (κ3) is 5.16. The van der Waals surface area contributed by atoms with Gasteiger partial charge >= 0.3 is 0 Å². The van der Waals surface area contributed by atoms with Gasteiger partial charge in [-0.3, -0.25) is 9.59 Å². The predicted octanol–water partition coefficient (Wildman–Crippen LogP) is 4.41. The van der Waals surface area contributed by atoms with E-state index in [-0.39, 0.29) is 30.4 Å². The predicted molar refractivity (Wildman–Crippen MR) is 123 cm³/mol. The number of aromatic amines is 1. The van der Waals surface area contributed by atoms with Gasteiger partial charge in [-0.1, -0.05) is 12.1 Å². The van der Waals surface area contributed by atoms with Crippen LogP contribution in [0.15, 0.2) is 58.7 Å². The number of hydrogen-bond acceptors (Lipinski definition) is 6. The van der Waals surface area contributed by atoms with Gasteiger partial charge in [0, 0.05) is 23.8 Å². The topological polar surface area (TPSA) is 97.0 Å². The molecular weight excluding hydrogens is 412 g/mol. The molecule has 158 valence electrons. The summed E-state index contributed by atoms with van der Waals surface area (Å²) in [4.78, 5) is 36.2. The van der Waals surface area contributed by atoms with Gasteiger partial charge in [0.15, 0.2) is 5.13 Å². The molecule has 1 amide bonds. The van der Waals surface area contributed by atoms with E-state index in [1.54, 1.807) is 6.07 Å². The molecule has 0 aliphatic rings. The first-order valence-electron chi connectivity index (χ1n) is 9.98. The number of thiazole rings is 1. The van der Waals surface area contributed by atoms with E-state index < -0.39 is 0 Å². The minimum absolute atomic E-state index is 0.118. The van der Waals surface area contributed by atoms with Crippen LogP contribution in [0.3, 0.4) is 0 Å². The molecule has 0 radical (unpaired) electrons. The summed E-state index contributed by atoms with van der Waals surface area (Å²) in [5.74, 6) is 0.593. The van der Waals surface area contributed by atoms with Crippen molar-refractivity contribution in [3.05, 3.63) is 70.0 Å². The summed E-state index contributed by atoms with van der Waals surface area (Å²) in [7, 11) is 0. The number of benzene rings is 2. The monoisotopic (exact) mass is 434 g/mol. The lowest BCUT2D eigenvalue weighted by molar-refractivity contribution is -0.116. The molecule has 0 spiro atoms. The number of para-hydroxylation sites is 2. The fourth-order valence-electron chi connectivity index (χ4n) is 3.09. The van der Waals surface area contributed by atoms with Gasteiger partial charge in [-0.2, -0.15) is 0 Å². The number of carbonyl (C=O) groups excluding carboxylic acids is 1. The summed E-state index contributed by atoms with van der Waals surface area (Å²) in [6.07, 6.45) is 0.513. The highest BCUT2D eigenvalue weighted by atomic mass is 32.1. The van der Waals surface area contributed by atoms with Crippen LogP contribution in [0.4, 0.5) is 5.13 Å². The van der Waals surface area contributed by atoms with Crippen LogP contribution in [0.5, 0.6) is 5.75 Å². The first kappa shape index (κ1) is 20.7. The standard InChI is InChI=1S/C23H22N4O3S/c1-14(2)30-16-9-7-15(8-10-16)20-13-31-23(26-20)27-21(28)12-11-19-22(29)25-18-6-4-3-5-17(18)24-19/h3-10,13-14H,11-12H2,1-2H3,(H,25,29)(H,26,27,28). The zero-order valence-electron chi connectivity index (χ0n) is 17.2. The lowest BCUT2D eigenvalue weighted by Gasteiger charge is -2.09. The second-order valence-corrected chi connectivity index (χ2v) is 8.16. The van der Waals surface area contributed by atoms with E-state index in [0.29, 0.717) is 21.9 Å². The van der Waals surface area contributed by atoms with Crippen LogP contribution in [0.25, 0.3) is 22.3 Å². The van der Waals surface area contributed by atoms with Crippen molar-refractivity contribution in [2.24, 2.45) is 0 Å². The number of amides is 1. The van der Waals surface area contributed by atoms with Crippen LogP contribution < -0.4 is 15.6 Å². The summed E-state index contributed by atoms with van der Waals surface area (Å²) >= 11 is 1.36. The smallest absolute Gasteiger partial charge is 0.270 e. The molecule has 8 heteroatoms. The first-order valence-corrected chi connectivity index (χ1v) is 10.9. The summed E-state index contributed by atoms with van der Waals surface area (Å²) < 4.78 is 5.65. The van der Waals surface area contributed by atoms with Crippen molar-refractivity contribution in [1.82, 2.24) is 15.0 Å². The minimum atomic E-state index is -0.270. The molecule has 2 N–H and O–H groups in total. The van der Waals surface area contributed by atoms with E-state index in [4.69, 9.17) is 4.74 Å². The lowest BCUT2D eigenvalue weighted by atomic mass is 10.2. The molecule has 2 aromatic carbocycles. The van der Waals surface area contributed by atoms with Gasteiger partial charge in [-0.05, 0) is 50.2 Å². The van der Waals surface area contributed by atoms with Gasteiger partial charge in [0.25, 0.3) is 5.56 Å². The largest absolute Gasteiger partial charge is 0.491 e. The van der Waals surface area contributed by atoms with Crippen LogP contribution in [-0.4, -0.2) is 27.0 Å². The molecule has 0 aliphatic heterocycles. The molecule has 0 aliphatic carbocycles. The molecule has 2 aromatic heterocycles. The van der Waals surface area contributed by atoms with Crippen LogP contribution in [0.2, 0.25) is 0 Å². The van der Waals surface area contributed by atoms with E-state index >= 15 is 0 Å². The third-order valence-corrected chi connectivity index (χ3v) is 5.29. The Hall–Kier alpha value is -3.52. The number of nitrogens with zero attached hydrogens (tertiary/aromatic N) is 2. The fraction of sp³-hybridized carbons (Fsp3) is 0.217. The van der Waals surface area contributed by atoms with E-state index in [0.717, 1.165) is 17.0 Å². The number of aromatic nitrogens is 3. The van der Waals surface area contributed by atoms with Crippen molar-refractivity contribution >= 4 is 33.4 Å². The summed E-state index contributed by atoms with van der Waals surface area (Å²) in [5.41, 5.74) is 3.18. The number of aryl methyl sites for hydroxylation is 1. The molecule has 0 fully saturated rings. The molecule has 0 saturated heterocycles. The SMILES string of the molecule is CC(C)Oc1ccc(-c2csc(NC(=O)CCc3nc4ccccc4[nH]c3=O)n2)cc1. The Labute approximate surface area is 183 Å². The van der Waals surface area contributed by atoms with Crippen LogP contribution in [0.1, 0.15) is 26.0 Å². The van der Waals surface area contributed by atoms with Gasteiger partial charge < -0.3 is 15.0 Å². The zero-order valence-corrected chi connectivity index (χ0v) is 18.0. The van der Waals surface area contributed by atoms with Gasteiger partial charge in [-0.15, -0.1) is 11.3 Å². The molecule has 0 saturated carbocycles. The Morgan fingerprint density at radius 1 is 1.13 bits per heavy atom. The molecule has 4 rings (SSSR count). The van der Waals surface area contributed by atoms with Gasteiger partial charge in [0.05, 0.1) is 22.8 Å². The molecule has 0 bridgehead atoms. The van der Waals surface area contributed by atoms with Crippen molar-refractivity contribution in [3.63, 3.8) is 0 Å². The van der Waals surface area contributed by atoms with Crippen LogP contribution in [-0.2, 0) is 11.2 Å². The Bertz CT molecular complexity index is 1260. The number of hydrogen-bond donors (Lipinski definition) is 2. The summed E-state index contributed by atoms with van der Waals surface area (Å²) in [5, 5.41) is 5.21. The van der Waals surface area contributed by atoms with Gasteiger partial charge in [0.1, 0.15) is 11.4 Å². The quantitative estimate of drug-likeness (QED) is 0.449. The number of carbonyl (C=O) groups is 1. The van der Waals surface area contributed by atoms with Gasteiger partial charge in [0.2, 0.25) is 5.91 Å². The van der Waals surface area contributed by atoms with Crippen molar-refractivity contribution in [3.8, 4) is 17.0 Å². The molecule has 31 heavy (non-hydrogen) atoms. The van der Waals surface area contributed by atoms with Gasteiger partial charge in [-0.25, -0.2) is 9.97 Å². The number of H-pyrrole nitrogens is 1. The Morgan fingerprint density at radius 3 is 2.68 bits per heavy atom. The Balaban J connectivity index is 1.37. The average Bonchev–Trinajstić information content (AvgIpc) is 3.20. The lowest BCUT2D eigenvalue weighted by Crippen LogP contribution is -2.18. The van der Waals surface area contributed by atoms with E-state index in [9.17, 15) is 9.59 Å². The minimum Gasteiger partial charge on any atom is -0.491 e. The number of nitrogens with one attached hydrogen (secondary N) is 2. The molecule has 0 atom stereocenters. The number of rotatable bonds is 7. The molecule has 7 nitrogen and oxygen atoms in total. The number of anilines is 1. The highest BCUT2D eigenvalue weighted by molar-refractivity contribution is 7.14. The Kier molecular flexibility index (Phi) is 6.08. The number of fused-ring (bicyclic) bond motifs is 1. The van der Waals surface area contributed by atoms with Crippen LogP contribution in [0, 0.1) is 0 Å². The summed E-state index contributed by atoms with van der Waals surface area (Å²) in [6, 6.07) is 15.0. The van der Waals surface area contributed by atoms with E-state index in [2.05, 4.69) is 20.3 Å². The van der Waals surface area contributed by atoms with E-state index in [1.165, 1.54) is 11.3 Å². The van der Waals surface area contributed by atoms with E-state index in [1.807, 2.05) is 61.7 Å². The van der Waals surface area contributed by atoms with Crippen LogP contribution >= 0.6 is 11.3 Å². The second-order valence-electron chi connectivity index (χ2n) is 7.31. The number of ether oxygens (including phenoxy) is 1. The molecular formula is C23H22N4O3S. The maximum atomic E-state index is 12.4. The normalized spacial score (nSPS) is 11.1. The fourth-order valence-corrected chi connectivity index (χ4v) is 3.83. The third-order valence-electron chi connectivity index (χ3n) is 4.53. The molecule has 4 aromatic rings. The summed E-state index contributed by atoms with van der Waals surface area (Å²) in [6.45, 7) is 3.96. The highest BCUT2D eigenvalue weighted by Gasteiger charge is 2.11. The maximum absolute atomic E-state index is 12.4. The first-order chi connectivity index (χ1) is 15.0. The second kappa shape index (κ2) is 9.09. The maximum Gasteiger partial charge on any atom is 0.270 e. The highest BCUT2D eigenvalue weighted by Crippen LogP contribution is 2.27. The Morgan fingerprint density at radius 2 is 1.90 bits per heavy atom. The molecule has 2 heterocycles. The van der Waals surface area contributed by atoms with Crippen molar-refractivity contribution in [2.45, 2.75) is 32.8 Å². The van der Waals surface area contributed by atoms with Crippen molar-refractivity contribution < 1.29 is 9.53 Å². The van der Waals surface area contributed by atoms with Crippen molar-refractivity contribution in [2.75, 3.05) is 5.32 Å². The van der Waals surface area contributed by atoms with Crippen molar-refractivity contribution in [1.29, 1.82) is 0 Å². The molecule has 0 unspecified atom stereocenters.